The lowest BCUT2D eigenvalue weighted by molar-refractivity contribution is -0.145. The fourth-order valence-electron chi connectivity index (χ4n) is 5.16. The van der Waals surface area contributed by atoms with Crippen molar-refractivity contribution in [2.45, 2.75) is 53.3 Å². The van der Waals surface area contributed by atoms with E-state index in [1.54, 1.807) is 24.1 Å². The van der Waals surface area contributed by atoms with Crippen LogP contribution >= 0.6 is 12.4 Å². The van der Waals surface area contributed by atoms with E-state index in [-0.39, 0.29) is 43.1 Å². The molecule has 4 rings (SSSR count). The Morgan fingerprint density at radius 3 is 2.50 bits per heavy atom. The molecule has 0 saturated heterocycles. The number of hydrogen-bond acceptors (Lipinski definition) is 6. The molecule has 2 amide bonds. The number of halogens is 4. The van der Waals surface area contributed by atoms with E-state index in [1.165, 1.54) is 21.8 Å². The summed E-state index contributed by atoms with van der Waals surface area (Å²) in [6.07, 6.45) is -2.01. The van der Waals surface area contributed by atoms with Gasteiger partial charge in [-0.2, -0.15) is 5.10 Å². The number of carbonyl (C=O) groups is 2. The molecule has 9 nitrogen and oxygen atoms in total. The zero-order valence-corrected chi connectivity index (χ0v) is 25.2. The van der Waals surface area contributed by atoms with Gasteiger partial charge in [-0.25, -0.2) is 18.2 Å². The molecule has 0 bridgehead atoms. The van der Waals surface area contributed by atoms with E-state index in [0.717, 1.165) is 28.6 Å². The van der Waals surface area contributed by atoms with E-state index in [0.29, 0.717) is 49.5 Å². The molecule has 0 unspecified atom stereocenters. The molecular formula is C29H39ClF3N7O2. The third-order valence-electron chi connectivity index (χ3n) is 7.32. The number of benzene rings is 2. The Balaban J connectivity index is 0.00000484. The third kappa shape index (κ3) is 7.73. The number of nitrogens with one attached hydrogen (secondary N) is 2. The fraction of sp³-hybridized carbons (Fsp3) is 0.483. The second-order valence-corrected chi connectivity index (χ2v) is 10.2. The van der Waals surface area contributed by atoms with Gasteiger partial charge in [-0.05, 0) is 60.8 Å². The van der Waals surface area contributed by atoms with Gasteiger partial charge in [0, 0.05) is 44.3 Å². The second kappa shape index (κ2) is 14.7. The first-order chi connectivity index (χ1) is 19.6. The van der Waals surface area contributed by atoms with Crippen LogP contribution in [0, 0.1) is 12.7 Å². The molecular weight excluding hydrogens is 571 g/mol. The van der Waals surface area contributed by atoms with Crippen molar-refractivity contribution in [2.24, 2.45) is 0 Å². The summed E-state index contributed by atoms with van der Waals surface area (Å²) in [7, 11) is 1.65. The molecule has 42 heavy (non-hydrogen) atoms. The maximum Gasteiger partial charge on any atom is 0.257 e. The predicted octanol–water partition coefficient (Wildman–Crippen LogP) is 3.65. The van der Waals surface area contributed by atoms with Crippen molar-refractivity contribution < 1.29 is 22.8 Å². The van der Waals surface area contributed by atoms with Crippen LogP contribution in [0.15, 0.2) is 30.3 Å². The lowest BCUT2D eigenvalue weighted by atomic mass is 10.1. The summed E-state index contributed by atoms with van der Waals surface area (Å²) in [4.78, 5) is 28.2. The molecule has 1 aliphatic heterocycles. The van der Waals surface area contributed by atoms with Crippen LogP contribution in [0.4, 0.5) is 18.9 Å². The second-order valence-electron chi connectivity index (χ2n) is 10.2. The Hall–Kier alpha value is -3.35. The minimum atomic E-state index is -2.58. The predicted molar refractivity (Wildman–Crippen MR) is 159 cm³/mol. The van der Waals surface area contributed by atoms with Crippen molar-refractivity contribution in [1.82, 2.24) is 30.4 Å². The largest absolute Gasteiger partial charge is 0.353 e. The van der Waals surface area contributed by atoms with E-state index >= 15 is 0 Å². The van der Waals surface area contributed by atoms with Crippen LogP contribution in [0.25, 0.3) is 10.9 Å². The average Bonchev–Trinajstić information content (AvgIpc) is 3.49. The Bertz CT molecular complexity index is 1400. The smallest absolute Gasteiger partial charge is 0.257 e. The van der Waals surface area contributed by atoms with Gasteiger partial charge in [0.25, 0.3) is 12.3 Å². The number of anilines is 1. The van der Waals surface area contributed by atoms with Crippen LogP contribution in [0.2, 0.25) is 0 Å². The van der Waals surface area contributed by atoms with Gasteiger partial charge in [0.1, 0.15) is 12.4 Å². The summed E-state index contributed by atoms with van der Waals surface area (Å²) in [5.74, 6) is -0.861. The first-order valence-electron chi connectivity index (χ1n) is 13.9. The Kier molecular flexibility index (Phi) is 11.6. The van der Waals surface area contributed by atoms with Crippen LogP contribution in [-0.2, 0) is 35.6 Å². The highest BCUT2D eigenvalue weighted by Gasteiger charge is 2.28. The summed E-state index contributed by atoms with van der Waals surface area (Å²) in [6, 6.07) is 8.23. The first kappa shape index (κ1) is 33.2. The zero-order valence-electron chi connectivity index (χ0n) is 24.4. The van der Waals surface area contributed by atoms with Crippen LogP contribution in [-0.4, -0.2) is 77.8 Å². The molecule has 2 N–H and O–H groups in total. The van der Waals surface area contributed by atoms with Crippen LogP contribution in [0.3, 0.4) is 0 Å². The van der Waals surface area contributed by atoms with Gasteiger partial charge in [0.2, 0.25) is 5.91 Å². The standard InChI is InChI=1S/C29H38F3N7O2.ClH/c1-5-24-23-11-19(3)25(13-26(23)39(35-24)16-27(31)32)37(17-28(40)34-10-9-33-6-2)18-29(41)36(4)38-14-20-7-8-22(30)12-21(20)15-38;/h7-8,11-13,27,33H,5-6,9-10,14-18H2,1-4H3,(H,34,40);1H. The minimum Gasteiger partial charge on any atom is -0.353 e. The fourth-order valence-corrected chi connectivity index (χ4v) is 5.16. The van der Waals surface area contributed by atoms with Crippen LogP contribution in [0.1, 0.15) is 36.2 Å². The van der Waals surface area contributed by atoms with Gasteiger partial charge in [-0.1, -0.05) is 19.9 Å². The molecule has 0 aliphatic carbocycles. The van der Waals surface area contributed by atoms with Gasteiger partial charge in [-0.3, -0.25) is 19.3 Å². The maximum atomic E-state index is 13.7. The van der Waals surface area contributed by atoms with Crippen molar-refractivity contribution in [2.75, 3.05) is 44.7 Å². The van der Waals surface area contributed by atoms with Crippen LogP contribution < -0.4 is 15.5 Å². The van der Waals surface area contributed by atoms with Gasteiger partial charge in [0.05, 0.1) is 24.3 Å². The van der Waals surface area contributed by atoms with E-state index in [9.17, 15) is 22.8 Å². The van der Waals surface area contributed by atoms with Gasteiger partial charge in [-0.15, -0.1) is 12.4 Å². The molecule has 3 aromatic rings. The van der Waals surface area contributed by atoms with Crippen LogP contribution in [0.5, 0.6) is 0 Å². The number of aryl methyl sites for hydroxylation is 2. The Morgan fingerprint density at radius 2 is 1.81 bits per heavy atom. The number of fused-ring (bicyclic) bond motifs is 2. The first-order valence-corrected chi connectivity index (χ1v) is 13.9. The van der Waals surface area contributed by atoms with E-state index in [4.69, 9.17) is 0 Å². The van der Waals surface area contributed by atoms with Crippen molar-refractivity contribution in [3.05, 3.63) is 58.5 Å². The summed E-state index contributed by atoms with van der Waals surface area (Å²) >= 11 is 0. The lowest BCUT2D eigenvalue weighted by Gasteiger charge is -2.32. The van der Waals surface area contributed by atoms with Crippen molar-refractivity contribution in [3.8, 4) is 0 Å². The molecule has 0 saturated carbocycles. The molecule has 1 aromatic heterocycles. The molecule has 2 heterocycles. The Labute approximate surface area is 250 Å². The number of aromatic nitrogens is 2. The monoisotopic (exact) mass is 609 g/mol. The molecule has 13 heteroatoms. The summed E-state index contributed by atoms with van der Waals surface area (Å²) in [5.41, 5.74) is 4.39. The van der Waals surface area contributed by atoms with Crippen molar-refractivity contribution >= 4 is 40.8 Å². The zero-order chi connectivity index (χ0) is 29.7. The van der Waals surface area contributed by atoms with Gasteiger partial charge >= 0.3 is 0 Å². The minimum absolute atomic E-state index is 0. The van der Waals surface area contributed by atoms with Gasteiger partial charge in [0.15, 0.2) is 0 Å². The summed E-state index contributed by atoms with van der Waals surface area (Å²) < 4.78 is 41.8. The number of hydrogen-bond donors (Lipinski definition) is 2. The number of amides is 2. The highest BCUT2D eigenvalue weighted by Crippen LogP contribution is 2.30. The number of hydrazine groups is 1. The summed E-state index contributed by atoms with van der Waals surface area (Å²) in [5, 5.41) is 14.5. The van der Waals surface area contributed by atoms with Crippen molar-refractivity contribution in [1.29, 1.82) is 0 Å². The van der Waals surface area contributed by atoms with E-state index in [1.807, 2.05) is 31.8 Å². The third-order valence-corrected chi connectivity index (χ3v) is 7.32. The molecule has 0 spiro atoms. The highest BCUT2D eigenvalue weighted by molar-refractivity contribution is 5.91. The highest BCUT2D eigenvalue weighted by atomic mass is 35.5. The van der Waals surface area contributed by atoms with E-state index in [2.05, 4.69) is 15.7 Å². The lowest BCUT2D eigenvalue weighted by Crippen LogP contribution is -2.48. The molecule has 1 aliphatic rings. The average molecular weight is 610 g/mol. The quantitative estimate of drug-likeness (QED) is 0.288. The summed E-state index contributed by atoms with van der Waals surface area (Å²) in [6.45, 7) is 7.63. The molecule has 0 radical (unpaired) electrons. The maximum absolute atomic E-state index is 13.7. The number of alkyl halides is 2. The number of carbonyl (C=O) groups excluding carboxylic acids is 2. The number of nitrogens with zero attached hydrogens (tertiary/aromatic N) is 5. The Morgan fingerprint density at radius 1 is 1.07 bits per heavy atom. The van der Waals surface area contributed by atoms with E-state index < -0.39 is 13.0 Å². The number of likely N-dealkylation sites (N-methyl/N-ethyl adjacent to an activating group) is 2. The normalized spacial score (nSPS) is 12.9. The van der Waals surface area contributed by atoms with Crippen molar-refractivity contribution in [3.63, 3.8) is 0 Å². The van der Waals surface area contributed by atoms with Gasteiger partial charge < -0.3 is 15.5 Å². The topological polar surface area (TPSA) is 85.7 Å². The molecule has 0 fully saturated rings. The SMILES string of the molecule is CCNCCNC(=O)CN(CC(=O)N(C)N1Cc2ccc(F)cc2C1)c1cc2c(cc1C)c(CC)nn2CC(F)F.Cl. The molecule has 230 valence electrons. The number of rotatable bonds is 13. The molecule has 0 atom stereocenters. The molecule has 2 aromatic carbocycles.